The minimum Gasteiger partial charge on any atom is -0.494 e. The first-order valence-electron chi connectivity index (χ1n) is 10.7. The van der Waals surface area contributed by atoms with Crippen molar-refractivity contribution in [1.29, 1.82) is 0 Å². The zero-order valence-electron chi connectivity index (χ0n) is 18.2. The Balaban J connectivity index is 1.84. The van der Waals surface area contributed by atoms with E-state index in [0.29, 0.717) is 18.8 Å². The molecular weight excluding hydrogens is 431 g/mol. The highest BCUT2D eigenvalue weighted by Crippen LogP contribution is 2.45. The van der Waals surface area contributed by atoms with Crippen LogP contribution in [-0.4, -0.2) is 13.2 Å². The molecule has 1 aliphatic heterocycles. The lowest BCUT2D eigenvalue weighted by Gasteiger charge is -2.33. The number of allylic oxidation sites excluding steroid dienone is 2. The van der Waals surface area contributed by atoms with Crippen LogP contribution >= 0.6 is 0 Å². The van der Waals surface area contributed by atoms with Gasteiger partial charge < -0.3 is 14.2 Å². The Labute approximate surface area is 184 Å². The number of benzene rings is 1. The molecule has 1 saturated carbocycles. The summed E-state index contributed by atoms with van der Waals surface area (Å²) in [7, 11) is 1.18. The average molecular weight is 458 g/mol. The van der Waals surface area contributed by atoms with Gasteiger partial charge in [-0.3, -0.25) is 0 Å². The van der Waals surface area contributed by atoms with E-state index in [1.54, 1.807) is 0 Å². The standard InChI is InChI=1S/C24H27F5O3/c1-5-6-15-7-9-17(10-8-15)24(28,29)32-18-12-16-11-13(2)22(19(25)14(3)30-4)31-23(16)21(27)20(18)26/h12,15,17H,2-3,5-11H2,1,4H3/b22-19-. The molecule has 0 saturated heterocycles. The fourth-order valence-electron chi connectivity index (χ4n) is 4.28. The molecule has 0 spiro atoms. The van der Waals surface area contributed by atoms with Crippen molar-refractivity contribution in [3.8, 4) is 11.5 Å². The molecule has 1 aromatic carbocycles. The van der Waals surface area contributed by atoms with E-state index >= 15 is 0 Å². The van der Waals surface area contributed by atoms with Crippen LogP contribution in [0, 0.1) is 23.5 Å². The number of methoxy groups -OCH3 is 1. The monoisotopic (exact) mass is 458 g/mol. The van der Waals surface area contributed by atoms with Crippen molar-refractivity contribution in [2.24, 2.45) is 11.8 Å². The highest BCUT2D eigenvalue weighted by molar-refractivity contribution is 5.52. The molecule has 0 aromatic heterocycles. The zero-order chi connectivity index (χ0) is 23.6. The largest absolute Gasteiger partial charge is 0.494 e. The van der Waals surface area contributed by atoms with Gasteiger partial charge in [0.15, 0.2) is 23.0 Å². The van der Waals surface area contributed by atoms with Gasteiger partial charge in [-0.15, -0.1) is 0 Å². The van der Waals surface area contributed by atoms with Gasteiger partial charge in [0.25, 0.3) is 0 Å². The van der Waals surface area contributed by atoms with E-state index in [0.717, 1.165) is 18.9 Å². The SMILES string of the molecule is C=C(OC)/C(F)=C1/Oc2c(cc(OC(F)(F)C3CCC(CCC)CC3)c(F)c2F)CC1=C. The summed E-state index contributed by atoms with van der Waals surface area (Å²) in [6.07, 6.45) is -0.0148. The number of halogens is 5. The van der Waals surface area contributed by atoms with Crippen molar-refractivity contribution >= 4 is 0 Å². The lowest BCUT2D eigenvalue weighted by molar-refractivity contribution is -0.224. The Bertz CT molecular complexity index is 930. The van der Waals surface area contributed by atoms with Crippen molar-refractivity contribution in [3.63, 3.8) is 0 Å². The minimum absolute atomic E-state index is 0.0194. The molecule has 3 nitrogen and oxygen atoms in total. The molecule has 0 unspecified atom stereocenters. The number of fused-ring (bicyclic) bond motifs is 1. The van der Waals surface area contributed by atoms with Gasteiger partial charge in [0.1, 0.15) is 0 Å². The molecule has 0 N–H and O–H groups in total. The third-order valence-electron chi connectivity index (χ3n) is 6.09. The van der Waals surface area contributed by atoms with Crippen LogP contribution in [0.15, 0.2) is 42.1 Å². The van der Waals surface area contributed by atoms with Gasteiger partial charge in [-0.1, -0.05) is 32.9 Å². The maximum absolute atomic E-state index is 14.8. The lowest BCUT2D eigenvalue weighted by Crippen LogP contribution is -2.37. The van der Waals surface area contributed by atoms with Crippen LogP contribution in [0.1, 0.15) is 51.0 Å². The Morgan fingerprint density at radius 2 is 1.84 bits per heavy atom. The van der Waals surface area contributed by atoms with Gasteiger partial charge in [0, 0.05) is 12.0 Å². The molecule has 0 radical (unpaired) electrons. The number of alkyl halides is 2. The van der Waals surface area contributed by atoms with Crippen LogP contribution in [0.25, 0.3) is 0 Å². The topological polar surface area (TPSA) is 27.7 Å². The summed E-state index contributed by atoms with van der Waals surface area (Å²) in [5.74, 6) is -7.21. The number of rotatable bonds is 7. The second-order valence-electron chi connectivity index (χ2n) is 8.31. The molecule has 1 aromatic rings. The van der Waals surface area contributed by atoms with Gasteiger partial charge in [-0.2, -0.15) is 22.0 Å². The molecule has 32 heavy (non-hydrogen) atoms. The van der Waals surface area contributed by atoms with E-state index in [-0.39, 0.29) is 36.2 Å². The molecule has 1 fully saturated rings. The molecule has 0 atom stereocenters. The third-order valence-corrected chi connectivity index (χ3v) is 6.09. The predicted octanol–water partition coefficient (Wildman–Crippen LogP) is 7.38. The number of hydrogen-bond acceptors (Lipinski definition) is 3. The molecule has 176 valence electrons. The molecule has 0 amide bonds. The summed E-state index contributed by atoms with van der Waals surface area (Å²) < 4.78 is 87.8. The number of ether oxygens (including phenoxy) is 3. The van der Waals surface area contributed by atoms with Crippen LogP contribution < -0.4 is 9.47 Å². The smallest absolute Gasteiger partial charge is 0.400 e. The summed E-state index contributed by atoms with van der Waals surface area (Å²) in [6, 6.07) is 0.954. The summed E-state index contributed by atoms with van der Waals surface area (Å²) >= 11 is 0. The van der Waals surface area contributed by atoms with E-state index in [1.165, 1.54) is 7.11 Å². The first-order valence-corrected chi connectivity index (χ1v) is 10.7. The van der Waals surface area contributed by atoms with E-state index in [4.69, 9.17) is 9.47 Å². The Morgan fingerprint density at radius 1 is 1.19 bits per heavy atom. The average Bonchev–Trinajstić information content (AvgIpc) is 2.76. The third kappa shape index (κ3) is 4.79. The highest BCUT2D eigenvalue weighted by Gasteiger charge is 2.45. The second-order valence-corrected chi connectivity index (χ2v) is 8.31. The lowest BCUT2D eigenvalue weighted by atomic mass is 9.79. The maximum Gasteiger partial charge on any atom is 0.400 e. The Kier molecular flexibility index (Phi) is 7.20. The molecule has 2 aliphatic rings. The summed E-state index contributed by atoms with van der Waals surface area (Å²) in [6.45, 7) is 9.06. The Hall–Kier alpha value is -2.51. The molecule has 1 aliphatic carbocycles. The van der Waals surface area contributed by atoms with Gasteiger partial charge in [0.2, 0.25) is 17.5 Å². The normalized spacial score (nSPS) is 22.7. The van der Waals surface area contributed by atoms with Crippen LogP contribution in [0.3, 0.4) is 0 Å². The summed E-state index contributed by atoms with van der Waals surface area (Å²) in [5.41, 5.74) is 0.108. The van der Waals surface area contributed by atoms with E-state index < -0.39 is 46.7 Å². The molecule has 8 heteroatoms. The predicted molar refractivity (Wildman–Crippen MR) is 110 cm³/mol. The zero-order valence-corrected chi connectivity index (χ0v) is 18.2. The minimum atomic E-state index is -3.65. The summed E-state index contributed by atoms with van der Waals surface area (Å²) in [5, 5.41) is 0. The Morgan fingerprint density at radius 3 is 2.44 bits per heavy atom. The van der Waals surface area contributed by atoms with Crippen molar-refractivity contribution < 1.29 is 36.2 Å². The van der Waals surface area contributed by atoms with Crippen LogP contribution in [0.4, 0.5) is 22.0 Å². The van der Waals surface area contributed by atoms with Gasteiger partial charge >= 0.3 is 6.11 Å². The van der Waals surface area contributed by atoms with E-state index in [1.807, 2.05) is 0 Å². The van der Waals surface area contributed by atoms with Gasteiger partial charge in [-0.25, -0.2) is 0 Å². The van der Waals surface area contributed by atoms with E-state index in [2.05, 4.69) is 24.8 Å². The summed E-state index contributed by atoms with van der Waals surface area (Å²) in [4.78, 5) is 0. The van der Waals surface area contributed by atoms with Crippen molar-refractivity contribution in [2.45, 2.75) is 58.0 Å². The maximum atomic E-state index is 14.8. The quantitative estimate of drug-likeness (QED) is 0.315. The van der Waals surface area contributed by atoms with Gasteiger partial charge in [0.05, 0.1) is 13.0 Å². The molecule has 0 bridgehead atoms. The first kappa shape index (κ1) is 24.1. The van der Waals surface area contributed by atoms with Crippen LogP contribution in [0.5, 0.6) is 11.5 Å². The fraction of sp³-hybridized carbons (Fsp3) is 0.500. The fourth-order valence-corrected chi connectivity index (χ4v) is 4.28. The number of hydrogen-bond donors (Lipinski definition) is 0. The first-order chi connectivity index (χ1) is 15.1. The van der Waals surface area contributed by atoms with Gasteiger partial charge in [-0.05, 0) is 43.2 Å². The molecule has 1 heterocycles. The van der Waals surface area contributed by atoms with Crippen molar-refractivity contribution in [2.75, 3.05) is 7.11 Å². The van der Waals surface area contributed by atoms with Crippen LogP contribution in [0.2, 0.25) is 0 Å². The highest BCUT2D eigenvalue weighted by atomic mass is 19.3. The molecule has 3 rings (SSSR count). The van der Waals surface area contributed by atoms with Crippen LogP contribution in [-0.2, 0) is 11.2 Å². The van der Waals surface area contributed by atoms with Crippen molar-refractivity contribution in [3.05, 3.63) is 59.3 Å². The van der Waals surface area contributed by atoms with Crippen molar-refractivity contribution in [1.82, 2.24) is 0 Å². The van der Waals surface area contributed by atoms with E-state index in [9.17, 15) is 22.0 Å². The second kappa shape index (κ2) is 9.55. The molecular formula is C24H27F5O3.